The molecule has 0 radical (unpaired) electrons. The maximum absolute atomic E-state index is 12.0. The fourth-order valence-corrected chi connectivity index (χ4v) is 2.29. The number of hydrogen-bond donors (Lipinski definition) is 2. The second-order valence-corrected chi connectivity index (χ2v) is 5.78. The zero-order valence-electron chi connectivity index (χ0n) is 11.6. The number of methoxy groups -OCH3 is 1. The zero-order valence-corrected chi connectivity index (χ0v) is 13.2. The summed E-state index contributed by atoms with van der Waals surface area (Å²) in [7, 11) is 1.62. The van der Waals surface area contributed by atoms with E-state index in [0.29, 0.717) is 18.9 Å². The topological polar surface area (TPSA) is 64.3 Å². The Morgan fingerprint density at radius 3 is 2.74 bits per heavy atom. The Kier molecular flexibility index (Phi) is 6.48. The number of halogens is 1. The van der Waals surface area contributed by atoms with Gasteiger partial charge in [-0.2, -0.15) is 0 Å². The third-order valence-electron chi connectivity index (χ3n) is 2.73. The van der Waals surface area contributed by atoms with Crippen LogP contribution in [0, 0.1) is 5.92 Å². The molecule has 0 aliphatic carbocycles. The van der Waals surface area contributed by atoms with E-state index in [1.54, 1.807) is 7.11 Å². The summed E-state index contributed by atoms with van der Waals surface area (Å²) in [5.41, 5.74) is 7.52. The van der Waals surface area contributed by atoms with E-state index < -0.39 is 6.04 Å². The molecule has 0 bridgehead atoms. The van der Waals surface area contributed by atoms with Crippen LogP contribution in [-0.2, 0) is 16.1 Å². The first-order valence-electron chi connectivity index (χ1n) is 6.28. The van der Waals surface area contributed by atoms with Crippen molar-refractivity contribution in [2.75, 3.05) is 12.4 Å². The van der Waals surface area contributed by atoms with E-state index in [2.05, 4.69) is 21.2 Å². The average molecular weight is 329 g/mol. The largest absolute Gasteiger partial charge is 0.380 e. The highest BCUT2D eigenvalue weighted by atomic mass is 79.9. The van der Waals surface area contributed by atoms with Crippen LogP contribution in [-0.4, -0.2) is 19.1 Å². The van der Waals surface area contributed by atoms with Crippen molar-refractivity contribution in [1.29, 1.82) is 0 Å². The molecule has 0 fully saturated rings. The summed E-state index contributed by atoms with van der Waals surface area (Å²) in [5, 5.41) is 2.87. The molecule has 0 aliphatic rings. The van der Waals surface area contributed by atoms with Crippen LogP contribution in [0.4, 0.5) is 5.69 Å². The molecule has 1 unspecified atom stereocenters. The molecule has 19 heavy (non-hydrogen) atoms. The number of hydrogen-bond acceptors (Lipinski definition) is 3. The van der Waals surface area contributed by atoms with Gasteiger partial charge >= 0.3 is 0 Å². The van der Waals surface area contributed by atoms with E-state index in [1.165, 1.54) is 0 Å². The summed E-state index contributed by atoms with van der Waals surface area (Å²) in [5.74, 6) is 0.228. The minimum atomic E-state index is -0.491. The molecule has 3 N–H and O–H groups in total. The number of nitrogens with one attached hydrogen (secondary N) is 1. The molecule has 1 rings (SSSR count). The number of ether oxygens (including phenoxy) is 1. The molecule has 0 heterocycles. The van der Waals surface area contributed by atoms with E-state index in [0.717, 1.165) is 15.7 Å². The van der Waals surface area contributed by atoms with Crippen molar-refractivity contribution in [1.82, 2.24) is 0 Å². The number of anilines is 1. The number of benzene rings is 1. The van der Waals surface area contributed by atoms with E-state index >= 15 is 0 Å². The minimum absolute atomic E-state index is 0.163. The third-order valence-corrected chi connectivity index (χ3v) is 3.47. The zero-order chi connectivity index (χ0) is 14.4. The predicted molar refractivity (Wildman–Crippen MR) is 80.9 cm³/mol. The summed E-state index contributed by atoms with van der Waals surface area (Å²) < 4.78 is 6.05. The predicted octanol–water partition coefficient (Wildman–Crippen LogP) is 2.91. The summed E-state index contributed by atoms with van der Waals surface area (Å²) in [6.45, 7) is 4.52. The van der Waals surface area contributed by atoms with E-state index in [1.807, 2.05) is 32.0 Å². The molecule has 5 heteroatoms. The van der Waals surface area contributed by atoms with Crippen LogP contribution < -0.4 is 11.1 Å². The summed E-state index contributed by atoms with van der Waals surface area (Å²) in [6, 6.07) is 5.14. The molecule has 0 saturated heterocycles. The van der Waals surface area contributed by atoms with Crippen molar-refractivity contribution < 1.29 is 9.53 Å². The van der Waals surface area contributed by atoms with E-state index in [9.17, 15) is 4.79 Å². The fourth-order valence-electron chi connectivity index (χ4n) is 1.81. The normalized spacial score (nSPS) is 12.5. The van der Waals surface area contributed by atoms with Gasteiger partial charge in [-0.1, -0.05) is 35.8 Å². The molecule has 1 aromatic rings. The van der Waals surface area contributed by atoms with Crippen LogP contribution in [0.5, 0.6) is 0 Å². The van der Waals surface area contributed by atoms with Crippen molar-refractivity contribution in [3.63, 3.8) is 0 Å². The van der Waals surface area contributed by atoms with Crippen LogP contribution in [0.3, 0.4) is 0 Å². The standard InChI is InChI=1S/C14H21BrN2O2/c1-9(2)7-12(16)14(18)17-13-6-4-5-11(15)10(13)8-19-3/h4-6,9,12H,7-8,16H2,1-3H3,(H,17,18). The molecule has 1 aromatic carbocycles. The quantitative estimate of drug-likeness (QED) is 0.843. The third kappa shape index (κ3) is 4.93. The summed E-state index contributed by atoms with van der Waals surface area (Å²) in [6.07, 6.45) is 0.666. The molecule has 1 atom stereocenters. The van der Waals surface area contributed by atoms with Crippen LogP contribution >= 0.6 is 15.9 Å². The van der Waals surface area contributed by atoms with Crippen molar-refractivity contribution in [2.45, 2.75) is 32.9 Å². The fraction of sp³-hybridized carbons (Fsp3) is 0.500. The van der Waals surface area contributed by atoms with Crippen molar-refractivity contribution in [2.24, 2.45) is 11.7 Å². The molecule has 1 amide bonds. The second kappa shape index (κ2) is 7.62. The van der Waals surface area contributed by atoms with E-state index in [-0.39, 0.29) is 5.91 Å². The van der Waals surface area contributed by atoms with Gasteiger partial charge < -0.3 is 15.8 Å². The SMILES string of the molecule is COCc1c(Br)cccc1NC(=O)C(N)CC(C)C. The second-order valence-electron chi connectivity index (χ2n) is 4.92. The number of rotatable bonds is 6. The van der Waals surface area contributed by atoms with Crippen LogP contribution in [0.15, 0.2) is 22.7 Å². The lowest BCUT2D eigenvalue weighted by Gasteiger charge is -2.16. The lowest BCUT2D eigenvalue weighted by molar-refractivity contribution is -0.117. The maximum atomic E-state index is 12.0. The Morgan fingerprint density at radius 2 is 2.16 bits per heavy atom. The van der Waals surface area contributed by atoms with Gasteiger partial charge in [0.15, 0.2) is 0 Å². The Balaban J connectivity index is 2.81. The van der Waals surface area contributed by atoms with Crippen LogP contribution in [0.1, 0.15) is 25.8 Å². The molecular formula is C14H21BrN2O2. The molecule has 106 valence electrons. The van der Waals surface area contributed by atoms with Crippen LogP contribution in [0.2, 0.25) is 0 Å². The molecule has 0 aliphatic heterocycles. The number of carbonyl (C=O) groups is 1. The smallest absolute Gasteiger partial charge is 0.241 e. The Morgan fingerprint density at radius 1 is 1.47 bits per heavy atom. The average Bonchev–Trinajstić information content (AvgIpc) is 2.32. The molecular weight excluding hydrogens is 308 g/mol. The Bertz CT molecular complexity index is 435. The minimum Gasteiger partial charge on any atom is -0.380 e. The first-order chi connectivity index (χ1) is 8.95. The van der Waals surface area contributed by atoms with Gasteiger partial charge in [0.2, 0.25) is 5.91 Å². The molecule has 0 saturated carbocycles. The molecule has 0 spiro atoms. The molecule has 0 aromatic heterocycles. The first kappa shape index (κ1) is 16.1. The highest BCUT2D eigenvalue weighted by Crippen LogP contribution is 2.25. The highest BCUT2D eigenvalue weighted by molar-refractivity contribution is 9.10. The van der Waals surface area contributed by atoms with Gasteiger partial charge in [0.05, 0.1) is 12.6 Å². The van der Waals surface area contributed by atoms with Gasteiger partial charge in [-0.3, -0.25) is 4.79 Å². The number of nitrogens with two attached hydrogens (primary N) is 1. The summed E-state index contributed by atoms with van der Waals surface area (Å²) >= 11 is 3.45. The van der Waals surface area contributed by atoms with Gasteiger partial charge in [-0.15, -0.1) is 0 Å². The van der Waals surface area contributed by atoms with E-state index in [4.69, 9.17) is 10.5 Å². The highest BCUT2D eigenvalue weighted by Gasteiger charge is 2.17. The first-order valence-corrected chi connectivity index (χ1v) is 7.07. The Hall–Kier alpha value is -0.910. The van der Waals surface area contributed by atoms with Gasteiger partial charge in [-0.05, 0) is 24.5 Å². The Labute approximate surface area is 122 Å². The summed E-state index contributed by atoms with van der Waals surface area (Å²) in [4.78, 5) is 12.0. The van der Waals surface area contributed by atoms with Gasteiger partial charge in [-0.25, -0.2) is 0 Å². The lowest BCUT2D eigenvalue weighted by Crippen LogP contribution is -2.36. The van der Waals surface area contributed by atoms with Gasteiger partial charge in [0.25, 0.3) is 0 Å². The number of amides is 1. The van der Waals surface area contributed by atoms with Crippen LogP contribution in [0.25, 0.3) is 0 Å². The number of carbonyl (C=O) groups excluding carboxylic acids is 1. The molecule has 4 nitrogen and oxygen atoms in total. The van der Waals surface area contributed by atoms with Crippen molar-refractivity contribution in [3.8, 4) is 0 Å². The van der Waals surface area contributed by atoms with Crippen molar-refractivity contribution >= 4 is 27.5 Å². The maximum Gasteiger partial charge on any atom is 0.241 e. The lowest BCUT2D eigenvalue weighted by atomic mass is 10.0. The van der Waals surface area contributed by atoms with Gasteiger partial charge in [0.1, 0.15) is 0 Å². The van der Waals surface area contributed by atoms with Gasteiger partial charge in [0, 0.05) is 22.8 Å². The monoisotopic (exact) mass is 328 g/mol. The van der Waals surface area contributed by atoms with Crippen molar-refractivity contribution in [3.05, 3.63) is 28.2 Å².